The van der Waals surface area contributed by atoms with Crippen molar-refractivity contribution < 1.29 is 9.59 Å². The van der Waals surface area contributed by atoms with Gasteiger partial charge in [-0.1, -0.05) is 41.1 Å². The highest BCUT2D eigenvalue weighted by Crippen LogP contribution is 2.18. The molecule has 0 saturated carbocycles. The van der Waals surface area contributed by atoms with Crippen molar-refractivity contribution in [3.63, 3.8) is 0 Å². The monoisotopic (exact) mass is 410 g/mol. The summed E-state index contributed by atoms with van der Waals surface area (Å²) in [5.74, 6) is -0.520. The molecule has 0 aliphatic heterocycles. The topological polar surface area (TPSA) is 93.1 Å². The molecule has 0 fully saturated rings. The number of carbonyl (C=O) groups is 2. The number of thioether (sulfide) groups is 1. The fourth-order valence-corrected chi connectivity index (χ4v) is 3.67. The van der Waals surface area contributed by atoms with Crippen molar-refractivity contribution in [2.45, 2.75) is 25.9 Å². The minimum Gasteiger partial charge on any atom is -0.307 e. The molecule has 7 nitrogen and oxygen atoms in total. The van der Waals surface area contributed by atoms with Gasteiger partial charge in [-0.2, -0.15) is 0 Å². The average molecular weight is 410 g/mol. The van der Waals surface area contributed by atoms with E-state index in [9.17, 15) is 14.4 Å². The molecule has 3 aromatic rings. The summed E-state index contributed by atoms with van der Waals surface area (Å²) in [4.78, 5) is 41.2. The lowest BCUT2D eigenvalue weighted by Crippen LogP contribution is -2.35. The quantitative estimate of drug-likeness (QED) is 0.509. The Hall–Kier alpha value is -3.13. The van der Waals surface area contributed by atoms with Gasteiger partial charge in [0.2, 0.25) is 5.91 Å². The number of hydrogen-bond donors (Lipinski definition) is 2. The van der Waals surface area contributed by atoms with Crippen LogP contribution in [0.5, 0.6) is 0 Å². The fourth-order valence-electron chi connectivity index (χ4n) is 2.89. The summed E-state index contributed by atoms with van der Waals surface area (Å²) in [6.07, 6.45) is 0. The normalized spacial score (nSPS) is 10.8. The largest absolute Gasteiger partial charge is 0.325 e. The fraction of sp³-hybridized carbons (Fsp3) is 0.238. The van der Waals surface area contributed by atoms with E-state index in [4.69, 9.17) is 0 Å². The van der Waals surface area contributed by atoms with Crippen LogP contribution in [0.15, 0.2) is 46.3 Å². The molecule has 0 bridgehead atoms. The zero-order valence-corrected chi connectivity index (χ0v) is 17.5. The Balaban J connectivity index is 1.64. The van der Waals surface area contributed by atoms with Crippen molar-refractivity contribution in [3.05, 3.63) is 63.4 Å². The highest BCUT2D eigenvalue weighted by atomic mass is 32.2. The number of nitrogens with zero attached hydrogens (tertiary/aromatic N) is 2. The Bertz CT molecular complexity index is 1170. The van der Waals surface area contributed by atoms with Crippen LogP contribution in [0.4, 0.5) is 10.5 Å². The van der Waals surface area contributed by atoms with E-state index in [0.717, 1.165) is 28.5 Å². The lowest BCUT2D eigenvalue weighted by Gasteiger charge is -2.11. The Morgan fingerprint density at radius 2 is 1.76 bits per heavy atom. The van der Waals surface area contributed by atoms with Crippen LogP contribution in [-0.2, 0) is 11.8 Å². The van der Waals surface area contributed by atoms with Crippen molar-refractivity contribution >= 4 is 40.3 Å². The number of benzene rings is 2. The van der Waals surface area contributed by atoms with Gasteiger partial charge in [0.1, 0.15) is 0 Å². The van der Waals surface area contributed by atoms with Crippen LogP contribution in [0, 0.1) is 20.8 Å². The first kappa shape index (κ1) is 20.6. The molecule has 0 aliphatic carbocycles. The summed E-state index contributed by atoms with van der Waals surface area (Å²) < 4.78 is 1.41. The number of anilines is 1. The molecule has 0 aliphatic rings. The lowest BCUT2D eigenvalue weighted by molar-refractivity contribution is -0.117. The zero-order chi connectivity index (χ0) is 21.1. The summed E-state index contributed by atoms with van der Waals surface area (Å²) >= 11 is 1.10. The molecule has 1 aromatic heterocycles. The van der Waals surface area contributed by atoms with Crippen LogP contribution in [0.1, 0.15) is 16.7 Å². The third-order valence-corrected chi connectivity index (χ3v) is 5.44. The van der Waals surface area contributed by atoms with Gasteiger partial charge < -0.3 is 5.32 Å². The Labute approximate surface area is 172 Å². The molecule has 2 N–H and O–H groups in total. The van der Waals surface area contributed by atoms with Gasteiger partial charge in [-0.25, -0.2) is 9.78 Å². The highest BCUT2D eigenvalue weighted by Gasteiger charge is 2.13. The maximum Gasteiger partial charge on any atom is 0.325 e. The molecule has 29 heavy (non-hydrogen) atoms. The molecule has 0 radical (unpaired) electrons. The van der Waals surface area contributed by atoms with E-state index < -0.39 is 11.9 Å². The summed E-state index contributed by atoms with van der Waals surface area (Å²) in [7, 11) is 1.62. The number of amides is 3. The molecule has 8 heteroatoms. The number of aromatic nitrogens is 2. The van der Waals surface area contributed by atoms with E-state index in [2.05, 4.69) is 15.6 Å². The van der Waals surface area contributed by atoms with Crippen LogP contribution in [0.3, 0.4) is 0 Å². The average Bonchev–Trinajstić information content (AvgIpc) is 2.66. The predicted molar refractivity (Wildman–Crippen MR) is 116 cm³/mol. The summed E-state index contributed by atoms with van der Waals surface area (Å²) in [5, 5.41) is 5.91. The van der Waals surface area contributed by atoms with Crippen molar-refractivity contribution in [2.75, 3.05) is 11.1 Å². The molecule has 0 unspecified atom stereocenters. The number of urea groups is 1. The molecule has 150 valence electrons. The number of nitrogens with one attached hydrogen (secondary N) is 2. The van der Waals surface area contributed by atoms with Crippen molar-refractivity contribution in [3.8, 4) is 0 Å². The van der Waals surface area contributed by atoms with Crippen molar-refractivity contribution in [1.29, 1.82) is 0 Å². The third-order valence-electron chi connectivity index (χ3n) is 4.41. The third kappa shape index (κ3) is 4.83. The highest BCUT2D eigenvalue weighted by molar-refractivity contribution is 7.99. The second-order valence-electron chi connectivity index (χ2n) is 6.89. The van der Waals surface area contributed by atoms with E-state index in [-0.39, 0.29) is 11.3 Å². The van der Waals surface area contributed by atoms with E-state index in [1.807, 2.05) is 39.0 Å². The van der Waals surface area contributed by atoms with Gasteiger partial charge >= 0.3 is 6.03 Å². The number of fused-ring (bicyclic) bond motifs is 1. The van der Waals surface area contributed by atoms with E-state index in [1.165, 1.54) is 4.57 Å². The maximum absolute atomic E-state index is 12.5. The standard InChI is InChI=1S/C21H22N4O3S/c1-12-5-7-16(14(3)9-12)22-20(28)24-18(26)11-29-21-23-17-8-6-13(2)10-15(17)19(27)25(21)4/h5-10H,11H2,1-4H3,(H2,22,24,26,28). The number of rotatable bonds is 4. The predicted octanol–water partition coefficient (Wildman–Crippen LogP) is 3.30. The first-order chi connectivity index (χ1) is 13.7. The lowest BCUT2D eigenvalue weighted by atomic mass is 10.1. The van der Waals surface area contributed by atoms with Crippen LogP contribution in [0.25, 0.3) is 10.9 Å². The number of aryl methyl sites for hydroxylation is 3. The summed E-state index contributed by atoms with van der Waals surface area (Å²) in [6, 6.07) is 10.5. The molecule has 3 rings (SSSR count). The van der Waals surface area contributed by atoms with Crippen LogP contribution in [0.2, 0.25) is 0 Å². The second kappa shape index (κ2) is 8.48. The van der Waals surface area contributed by atoms with Gasteiger partial charge in [-0.15, -0.1) is 0 Å². The van der Waals surface area contributed by atoms with Crippen LogP contribution < -0.4 is 16.2 Å². The van der Waals surface area contributed by atoms with E-state index >= 15 is 0 Å². The SMILES string of the molecule is Cc1ccc(NC(=O)NC(=O)CSc2nc3ccc(C)cc3c(=O)n2C)c(C)c1. The summed E-state index contributed by atoms with van der Waals surface area (Å²) in [5.41, 5.74) is 4.02. The Morgan fingerprint density at radius 3 is 2.48 bits per heavy atom. The molecule has 3 amide bonds. The van der Waals surface area contributed by atoms with Gasteiger partial charge in [0.25, 0.3) is 5.56 Å². The van der Waals surface area contributed by atoms with E-state index in [1.54, 1.807) is 25.2 Å². The van der Waals surface area contributed by atoms with Crippen molar-refractivity contribution in [2.24, 2.45) is 7.05 Å². The Morgan fingerprint density at radius 1 is 1.07 bits per heavy atom. The molecule has 0 spiro atoms. The number of hydrogen-bond acceptors (Lipinski definition) is 5. The first-order valence-corrected chi connectivity index (χ1v) is 10.0. The number of carbonyl (C=O) groups excluding carboxylic acids is 2. The first-order valence-electron chi connectivity index (χ1n) is 9.03. The van der Waals surface area contributed by atoms with Crippen LogP contribution in [-0.4, -0.2) is 27.2 Å². The van der Waals surface area contributed by atoms with Gasteiger partial charge in [-0.3, -0.25) is 19.5 Å². The molecule has 0 saturated heterocycles. The minimum absolute atomic E-state index is 0.0437. The molecule has 2 aromatic carbocycles. The smallest absolute Gasteiger partial charge is 0.307 e. The molecular formula is C21H22N4O3S. The molecule has 1 heterocycles. The van der Waals surface area contributed by atoms with Crippen LogP contribution >= 0.6 is 11.8 Å². The van der Waals surface area contributed by atoms with Gasteiger partial charge in [0.05, 0.1) is 16.7 Å². The van der Waals surface area contributed by atoms with Gasteiger partial charge in [-0.05, 0) is 44.5 Å². The van der Waals surface area contributed by atoms with Gasteiger partial charge in [0, 0.05) is 12.7 Å². The molecule has 0 atom stereocenters. The van der Waals surface area contributed by atoms with Crippen molar-refractivity contribution in [1.82, 2.24) is 14.9 Å². The van der Waals surface area contributed by atoms with Gasteiger partial charge in [0.15, 0.2) is 5.16 Å². The summed E-state index contributed by atoms with van der Waals surface area (Å²) in [6.45, 7) is 5.76. The van der Waals surface area contributed by atoms with E-state index in [0.29, 0.717) is 21.7 Å². The zero-order valence-electron chi connectivity index (χ0n) is 16.7. The molecular weight excluding hydrogens is 388 g/mol. The second-order valence-corrected chi connectivity index (χ2v) is 7.83. The minimum atomic E-state index is -0.599. The Kier molecular flexibility index (Phi) is 6.03. The number of imide groups is 1. The maximum atomic E-state index is 12.5.